The van der Waals surface area contributed by atoms with Gasteiger partial charge in [-0.05, 0) is 23.6 Å². The van der Waals surface area contributed by atoms with Gasteiger partial charge in [-0.2, -0.15) is 0 Å². The molecule has 0 aliphatic rings. The summed E-state index contributed by atoms with van der Waals surface area (Å²) in [6, 6.07) is 6.77. The number of aromatic amines is 1. The highest BCUT2D eigenvalue weighted by Crippen LogP contribution is 2.12. The molecule has 0 saturated carbocycles. The maximum absolute atomic E-state index is 11.7. The zero-order valence-corrected chi connectivity index (χ0v) is 11.3. The van der Waals surface area contributed by atoms with E-state index in [1.54, 1.807) is 30.5 Å². The van der Waals surface area contributed by atoms with E-state index < -0.39 is 11.8 Å². The van der Waals surface area contributed by atoms with Gasteiger partial charge in [0.25, 0.3) is 5.91 Å². The van der Waals surface area contributed by atoms with Crippen LogP contribution in [0, 0.1) is 0 Å². The number of hydrogen-bond acceptors (Lipinski definition) is 4. The number of aromatic nitrogens is 1. The predicted octanol–water partition coefficient (Wildman–Crippen LogP) is 1.50. The Bertz CT molecular complexity index is 538. The average Bonchev–Trinajstić information content (AvgIpc) is 3.14. The van der Waals surface area contributed by atoms with Crippen LogP contribution in [0.4, 0.5) is 0 Å². The summed E-state index contributed by atoms with van der Waals surface area (Å²) in [4.78, 5) is 38.0. The van der Waals surface area contributed by atoms with Crippen LogP contribution in [-0.4, -0.2) is 22.6 Å². The molecular weight excluding hydrogens is 278 g/mol. The molecule has 104 valence electrons. The Morgan fingerprint density at radius 3 is 2.60 bits per heavy atom. The lowest BCUT2D eigenvalue weighted by Crippen LogP contribution is -2.41. The molecule has 2 amide bonds. The fraction of sp³-hybridized carbons (Fsp3) is 0.154. The van der Waals surface area contributed by atoms with Crippen LogP contribution in [0.25, 0.3) is 0 Å². The molecule has 0 saturated heterocycles. The Morgan fingerprint density at radius 1 is 1.10 bits per heavy atom. The summed E-state index contributed by atoms with van der Waals surface area (Å²) in [5.74, 6) is -0.923. The highest BCUT2D eigenvalue weighted by Gasteiger charge is 2.11. The van der Waals surface area contributed by atoms with E-state index in [-0.39, 0.29) is 18.6 Å². The van der Waals surface area contributed by atoms with Gasteiger partial charge in [-0.1, -0.05) is 6.07 Å². The third-order valence-electron chi connectivity index (χ3n) is 2.53. The van der Waals surface area contributed by atoms with Crippen molar-refractivity contribution in [2.75, 3.05) is 0 Å². The number of Topliss-reactive ketones (excluding diaryl/α,β-unsaturated/α-hetero) is 1. The molecule has 0 bridgehead atoms. The van der Waals surface area contributed by atoms with E-state index >= 15 is 0 Å². The zero-order valence-electron chi connectivity index (χ0n) is 10.5. The van der Waals surface area contributed by atoms with Crippen LogP contribution in [0.5, 0.6) is 0 Å². The zero-order chi connectivity index (χ0) is 14.4. The van der Waals surface area contributed by atoms with Crippen molar-refractivity contribution < 1.29 is 14.4 Å². The number of hydrogen-bond donors (Lipinski definition) is 3. The second kappa shape index (κ2) is 6.67. The SMILES string of the molecule is O=C(CCC(=O)c1cccs1)NNC(=O)c1ccc[nH]1. The summed E-state index contributed by atoms with van der Waals surface area (Å²) in [6.07, 6.45) is 1.75. The van der Waals surface area contributed by atoms with Crippen molar-refractivity contribution in [3.63, 3.8) is 0 Å². The van der Waals surface area contributed by atoms with Crippen molar-refractivity contribution in [2.45, 2.75) is 12.8 Å². The van der Waals surface area contributed by atoms with E-state index in [0.717, 1.165) is 0 Å². The molecule has 0 atom stereocenters. The standard InChI is InChI=1S/C13H13N3O3S/c17-10(11-4-2-8-20-11)5-6-12(18)15-16-13(19)9-3-1-7-14-9/h1-4,7-8,14H,5-6H2,(H,15,18)(H,16,19). The first-order valence-electron chi connectivity index (χ1n) is 5.96. The molecule has 20 heavy (non-hydrogen) atoms. The number of ketones is 1. The number of carbonyl (C=O) groups excluding carboxylic acids is 3. The molecule has 0 aliphatic heterocycles. The highest BCUT2D eigenvalue weighted by atomic mass is 32.1. The summed E-state index contributed by atoms with van der Waals surface area (Å²) in [6.45, 7) is 0. The molecule has 2 aromatic heterocycles. The molecule has 2 aromatic rings. The van der Waals surface area contributed by atoms with Crippen LogP contribution in [0.2, 0.25) is 0 Å². The van der Waals surface area contributed by atoms with Gasteiger partial charge in [0.05, 0.1) is 4.88 Å². The number of amides is 2. The summed E-state index contributed by atoms with van der Waals surface area (Å²) >= 11 is 1.34. The van der Waals surface area contributed by atoms with Gasteiger partial charge in [-0.15, -0.1) is 11.3 Å². The van der Waals surface area contributed by atoms with Crippen LogP contribution < -0.4 is 10.9 Å². The molecule has 2 heterocycles. The third kappa shape index (κ3) is 3.79. The average molecular weight is 291 g/mol. The van der Waals surface area contributed by atoms with Crippen molar-refractivity contribution in [3.8, 4) is 0 Å². The van der Waals surface area contributed by atoms with E-state index in [4.69, 9.17) is 0 Å². The number of H-pyrrole nitrogens is 1. The number of rotatable bonds is 5. The lowest BCUT2D eigenvalue weighted by atomic mass is 10.2. The number of thiophene rings is 1. The van der Waals surface area contributed by atoms with Gasteiger partial charge in [-0.25, -0.2) is 0 Å². The Kier molecular flexibility index (Phi) is 4.67. The number of hydrazine groups is 1. The predicted molar refractivity (Wildman–Crippen MR) is 74.3 cm³/mol. The maximum Gasteiger partial charge on any atom is 0.286 e. The number of nitrogens with one attached hydrogen (secondary N) is 3. The topological polar surface area (TPSA) is 91.1 Å². The first kappa shape index (κ1) is 14.0. The van der Waals surface area contributed by atoms with Crippen molar-refractivity contribution in [1.82, 2.24) is 15.8 Å². The maximum atomic E-state index is 11.7. The first-order valence-corrected chi connectivity index (χ1v) is 6.84. The molecular formula is C13H13N3O3S. The molecule has 7 heteroatoms. The molecule has 0 aromatic carbocycles. The van der Waals surface area contributed by atoms with Crippen LogP contribution in [0.3, 0.4) is 0 Å². The van der Waals surface area contributed by atoms with Gasteiger partial charge in [0.1, 0.15) is 5.69 Å². The molecule has 0 radical (unpaired) electrons. The summed E-state index contributed by atoms with van der Waals surface area (Å²) in [5, 5.41) is 1.81. The van der Waals surface area contributed by atoms with Gasteiger partial charge in [0.2, 0.25) is 5.91 Å². The minimum absolute atomic E-state index is 0.0295. The van der Waals surface area contributed by atoms with Gasteiger partial charge < -0.3 is 4.98 Å². The second-order valence-corrected chi connectivity index (χ2v) is 4.93. The van der Waals surface area contributed by atoms with Gasteiger partial charge in [0, 0.05) is 19.0 Å². The molecule has 0 aliphatic carbocycles. The van der Waals surface area contributed by atoms with Crippen molar-refractivity contribution in [3.05, 3.63) is 46.4 Å². The van der Waals surface area contributed by atoms with Crippen LogP contribution in [0.15, 0.2) is 35.8 Å². The van der Waals surface area contributed by atoms with Gasteiger partial charge in [0.15, 0.2) is 5.78 Å². The Labute approximate surface area is 119 Å². The van der Waals surface area contributed by atoms with E-state index in [2.05, 4.69) is 15.8 Å². The van der Waals surface area contributed by atoms with Gasteiger partial charge in [-0.3, -0.25) is 25.2 Å². The van der Waals surface area contributed by atoms with Gasteiger partial charge >= 0.3 is 0 Å². The summed E-state index contributed by atoms with van der Waals surface area (Å²) < 4.78 is 0. The lowest BCUT2D eigenvalue weighted by Gasteiger charge is -2.05. The monoisotopic (exact) mass is 291 g/mol. The summed E-state index contributed by atoms with van der Waals surface area (Å²) in [5.41, 5.74) is 4.88. The largest absolute Gasteiger partial charge is 0.357 e. The fourth-order valence-electron chi connectivity index (χ4n) is 1.52. The Hall–Kier alpha value is -2.41. The Morgan fingerprint density at radius 2 is 1.95 bits per heavy atom. The second-order valence-electron chi connectivity index (χ2n) is 3.99. The van der Waals surface area contributed by atoms with E-state index in [9.17, 15) is 14.4 Å². The van der Waals surface area contributed by atoms with E-state index in [1.165, 1.54) is 11.3 Å². The van der Waals surface area contributed by atoms with Crippen molar-refractivity contribution >= 4 is 28.9 Å². The van der Waals surface area contributed by atoms with E-state index in [1.807, 2.05) is 5.38 Å². The molecule has 6 nitrogen and oxygen atoms in total. The van der Waals surface area contributed by atoms with E-state index in [0.29, 0.717) is 10.6 Å². The Balaban J connectivity index is 1.71. The smallest absolute Gasteiger partial charge is 0.286 e. The summed E-state index contributed by atoms with van der Waals surface area (Å²) in [7, 11) is 0. The molecule has 2 rings (SSSR count). The first-order chi connectivity index (χ1) is 9.66. The molecule has 0 spiro atoms. The van der Waals surface area contributed by atoms with Crippen LogP contribution in [-0.2, 0) is 4.79 Å². The fourth-order valence-corrected chi connectivity index (χ4v) is 2.21. The molecule has 3 N–H and O–H groups in total. The quantitative estimate of drug-likeness (QED) is 0.576. The third-order valence-corrected chi connectivity index (χ3v) is 3.44. The minimum Gasteiger partial charge on any atom is -0.357 e. The normalized spacial score (nSPS) is 10.0. The van der Waals surface area contributed by atoms with Crippen LogP contribution >= 0.6 is 11.3 Å². The minimum atomic E-state index is -0.437. The highest BCUT2D eigenvalue weighted by molar-refractivity contribution is 7.12. The van der Waals surface area contributed by atoms with Crippen molar-refractivity contribution in [2.24, 2.45) is 0 Å². The molecule has 0 unspecified atom stereocenters. The lowest BCUT2D eigenvalue weighted by molar-refractivity contribution is -0.121. The van der Waals surface area contributed by atoms with Crippen molar-refractivity contribution in [1.29, 1.82) is 0 Å². The van der Waals surface area contributed by atoms with Crippen LogP contribution in [0.1, 0.15) is 33.0 Å². The molecule has 0 fully saturated rings. The number of carbonyl (C=O) groups is 3.